The van der Waals surface area contributed by atoms with Crippen molar-refractivity contribution >= 4 is 29.3 Å². The van der Waals surface area contributed by atoms with Gasteiger partial charge in [0.05, 0.1) is 0 Å². The van der Waals surface area contributed by atoms with Gasteiger partial charge < -0.3 is 16.4 Å². The number of primary amides is 1. The smallest absolute Gasteiger partial charge is 0.240 e. The Balaban J connectivity index is 2.26. The second-order valence-corrected chi connectivity index (χ2v) is 3.69. The van der Waals surface area contributed by atoms with Gasteiger partial charge in [0.1, 0.15) is 17.0 Å². The molecule has 1 fully saturated rings. The molecule has 0 bridgehead atoms. The summed E-state index contributed by atoms with van der Waals surface area (Å²) in [5, 5.41) is 0.257. The number of hydrogen-bond acceptors (Lipinski definition) is 5. The van der Waals surface area contributed by atoms with E-state index in [0.29, 0.717) is 5.82 Å². The molecule has 0 saturated carbocycles. The lowest BCUT2D eigenvalue weighted by Crippen LogP contribution is -2.55. The largest absolute Gasteiger partial charge is 0.368 e. The third kappa shape index (κ3) is 1.80. The molecule has 1 aromatic heterocycles. The lowest BCUT2D eigenvalue weighted by Gasteiger charge is -2.39. The third-order valence-electron chi connectivity index (χ3n) is 2.34. The number of carbonyl (C=O) groups excluding carboxylic acids is 1. The summed E-state index contributed by atoms with van der Waals surface area (Å²) in [6.07, 6.45) is 0.733. The summed E-state index contributed by atoms with van der Waals surface area (Å²) in [6, 6.07) is 1.25. The van der Waals surface area contributed by atoms with Crippen LogP contribution in [0.25, 0.3) is 0 Å². The fraction of sp³-hybridized carbons (Fsp3) is 0.375. The first kappa shape index (κ1) is 9.97. The average Bonchev–Trinajstić information content (AvgIpc) is 1.97. The number of nitrogen functional groups attached to an aromatic ring is 1. The summed E-state index contributed by atoms with van der Waals surface area (Å²) in [5.41, 5.74) is 10.7. The van der Waals surface area contributed by atoms with Gasteiger partial charge in [0.25, 0.3) is 0 Å². The maximum atomic E-state index is 11.0. The molecule has 0 spiro atoms. The van der Waals surface area contributed by atoms with Gasteiger partial charge in [-0.05, 0) is 6.42 Å². The van der Waals surface area contributed by atoms with Crippen LogP contribution in [-0.4, -0.2) is 28.5 Å². The van der Waals surface area contributed by atoms with E-state index in [2.05, 4.69) is 9.97 Å². The minimum Gasteiger partial charge on any atom is -0.368 e. The molecule has 1 saturated heterocycles. The first-order chi connectivity index (χ1) is 7.08. The number of aromatic nitrogens is 2. The van der Waals surface area contributed by atoms with Crippen molar-refractivity contribution in [3.63, 3.8) is 0 Å². The molecule has 1 unspecified atom stereocenters. The van der Waals surface area contributed by atoms with Gasteiger partial charge in [-0.1, -0.05) is 11.6 Å². The molecule has 0 radical (unpaired) electrons. The second-order valence-electron chi connectivity index (χ2n) is 3.31. The monoisotopic (exact) mass is 227 g/mol. The Kier molecular flexibility index (Phi) is 2.36. The molecule has 15 heavy (non-hydrogen) atoms. The van der Waals surface area contributed by atoms with Crippen molar-refractivity contribution < 1.29 is 4.79 Å². The first-order valence-electron chi connectivity index (χ1n) is 4.44. The molecule has 1 aliphatic rings. The molecule has 1 aliphatic heterocycles. The van der Waals surface area contributed by atoms with Gasteiger partial charge in [0.15, 0.2) is 0 Å². The van der Waals surface area contributed by atoms with E-state index in [-0.39, 0.29) is 23.1 Å². The van der Waals surface area contributed by atoms with Gasteiger partial charge in [-0.15, -0.1) is 0 Å². The summed E-state index contributed by atoms with van der Waals surface area (Å²) < 4.78 is 0. The Morgan fingerprint density at radius 1 is 1.60 bits per heavy atom. The Labute approximate surface area is 91.2 Å². The maximum Gasteiger partial charge on any atom is 0.240 e. The molecular formula is C8H10ClN5O. The Morgan fingerprint density at radius 2 is 2.33 bits per heavy atom. The Hall–Kier alpha value is -1.56. The van der Waals surface area contributed by atoms with Crippen molar-refractivity contribution in [2.24, 2.45) is 5.73 Å². The fourth-order valence-corrected chi connectivity index (χ4v) is 1.71. The average molecular weight is 228 g/mol. The normalized spacial score (nSPS) is 19.8. The van der Waals surface area contributed by atoms with E-state index in [4.69, 9.17) is 23.1 Å². The van der Waals surface area contributed by atoms with Crippen molar-refractivity contribution in [1.82, 2.24) is 9.97 Å². The highest BCUT2D eigenvalue weighted by molar-refractivity contribution is 6.29. The van der Waals surface area contributed by atoms with Gasteiger partial charge in [0.2, 0.25) is 11.9 Å². The third-order valence-corrected chi connectivity index (χ3v) is 2.53. The van der Waals surface area contributed by atoms with E-state index in [0.717, 1.165) is 13.0 Å². The number of rotatable bonds is 2. The van der Waals surface area contributed by atoms with Crippen LogP contribution in [0.3, 0.4) is 0 Å². The number of carbonyl (C=O) groups is 1. The number of nitrogens with two attached hydrogens (primary N) is 2. The van der Waals surface area contributed by atoms with Gasteiger partial charge in [-0.25, -0.2) is 4.98 Å². The highest BCUT2D eigenvalue weighted by Gasteiger charge is 2.33. The minimum absolute atomic E-state index is 0.0904. The molecular weight excluding hydrogens is 218 g/mol. The Bertz CT molecular complexity index is 390. The number of nitrogens with zero attached hydrogens (tertiary/aromatic N) is 3. The van der Waals surface area contributed by atoms with E-state index in [9.17, 15) is 4.79 Å². The zero-order valence-electron chi connectivity index (χ0n) is 7.85. The molecule has 2 heterocycles. The molecule has 1 aromatic rings. The number of hydrogen-bond donors (Lipinski definition) is 2. The predicted octanol–water partition coefficient (Wildman–Crippen LogP) is -0.224. The van der Waals surface area contributed by atoms with E-state index in [1.165, 1.54) is 0 Å². The highest BCUT2D eigenvalue weighted by Crippen LogP contribution is 2.26. The molecule has 4 N–H and O–H groups in total. The molecule has 1 amide bonds. The van der Waals surface area contributed by atoms with Crippen molar-refractivity contribution in [2.75, 3.05) is 17.2 Å². The summed E-state index contributed by atoms with van der Waals surface area (Å²) in [6.45, 7) is 0.723. The van der Waals surface area contributed by atoms with Crippen LogP contribution in [0.2, 0.25) is 5.15 Å². The van der Waals surface area contributed by atoms with Crippen LogP contribution in [0.5, 0.6) is 0 Å². The molecule has 0 aliphatic carbocycles. The van der Waals surface area contributed by atoms with Gasteiger partial charge >= 0.3 is 0 Å². The van der Waals surface area contributed by atoms with Crippen molar-refractivity contribution in [1.29, 1.82) is 0 Å². The van der Waals surface area contributed by atoms with E-state index < -0.39 is 0 Å². The van der Waals surface area contributed by atoms with Crippen LogP contribution in [0, 0.1) is 0 Å². The maximum absolute atomic E-state index is 11.0. The standard InChI is InChI=1S/C8H10ClN5O/c9-5-3-6(13-8(11)12-5)14-2-1-4(14)7(10)15/h3-4H,1-2H2,(H2,10,15)(H2,11,12,13). The molecule has 2 rings (SSSR count). The minimum atomic E-state index is -0.366. The topological polar surface area (TPSA) is 98.1 Å². The van der Waals surface area contributed by atoms with Crippen molar-refractivity contribution in [3.8, 4) is 0 Å². The van der Waals surface area contributed by atoms with E-state index in [1.807, 2.05) is 0 Å². The van der Waals surface area contributed by atoms with Gasteiger partial charge in [-0.3, -0.25) is 4.79 Å². The van der Waals surface area contributed by atoms with Crippen LogP contribution < -0.4 is 16.4 Å². The van der Waals surface area contributed by atoms with Gasteiger partial charge in [0, 0.05) is 12.6 Å². The highest BCUT2D eigenvalue weighted by atomic mass is 35.5. The summed E-state index contributed by atoms with van der Waals surface area (Å²) >= 11 is 5.73. The van der Waals surface area contributed by atoms with Crippen molar-refractivity contribution in [2.45, 2.75) is 12.5 Å². The number of halogens is 1. The van der Waals surface area contributed by atoms with Crippen LogP contribution in [0.4, 0.5) is 11.8 Å². The van der Waals surface area contributed by atoms with Crippen LogP contribution in [0.1, 0.15) is 6.42 Å². The van der Waals surface area contributed by atoms with Crippen LogP contribution in [0.15, 0.2) is 6.07 Å². The first-order valence-corrected chi connectivity index (χ1v) is 4.82. The fourth-order valence-electron chi connectivity index (χ4n) is 1.53. The molecule has 6 nitrogen and oxygen atoms in total. The molecule has 0 aromatic carbocycles. The quantitative estimate of drug-likeness (QED) is 0.681. The molecule has 80 valence electrons. The number of anilines is 2. The molecule has 7 heteroatoms. The van der Waals surface area contributed by atoms with Crippen molar-refractivity contribution in [3.05, 3.63) is 11.2 Å². The lowest BCUT2D eigenvalue weighted by molar-refractivity contribution is -0.120. The summed E-state index contributed by atoms with van der Waals surface area (Å²) in [5.74, 6) is 0.268. The van der Waals surface area contributed by atoms with Crippen LogP contribution >= 0.6 is 11.6 Å². The van der Waals surface area contributed by atoms with Gasteiger partial charge in [-0.2, -0.15) is 4.98 Å². The summed E-state index contributed by atoms with van der Waals surface area (Å²) in [4.78, 5) is 20.5. The molecule has 1 atom stereocenters. The zero-order chi connectivity index (χ0) is 11.0. The summed E-state index contributed by atoms with van der Waals surface area (Å²) in [7, 11) is 0. The second kappa shape index (κ2) is 3.54. The SMILES string of the molecule is NC(=O)C1CCN1c1cc(Cl)nc(N)n1. The van der Waals surface area contributed by atoms with Crippen LogP contribution in [-0.2, 0) is 4.79 Å². The zero-order valence-corrected chi connectivity index (χ0v) is 8.61. The van der Waals surface area contributed by atoms with E-state index >= 15 is 0 Å². The lowest BCUT2D eigenvalue weighted by atomic mass is 10.0. The number of amides is 1. The Morgan fingerprint density at radius 3 is 2.80 bits per heavy atom. The predicted molar refractivity (Wildman–Crippen MR) is 56.4 cm³/mol. The van der Waals surface area contributed by atoms with E-state index in [1.54, 1.807) is 11.0 Å².